The summed E-state index contributed by atoms with van der Waals surface area (Å²) in [7, 11) is 1.56. The second-order valence-corrected chi connectivity index (χ2v) is 29.8. The number of nitrogens with one attached hydrogen (secondary N) is 1. The molecule has 0 saturated carbocycles. The van der Waals surface area contributed by atoms with E-state index in [0.717, 1.165) is 70.6 Å². The maximum absolute atomic E-state index is 13.1. The van der Waals surface area contributed by atoms with Gasteiger partial charge in [-0.25, -0.2) is 4.57 Å². The van der Waals surface area contributed by atoms with E-state index in [-0.39, 0.29) is 19.1 Å². The molecule has 92 heavy (non-hydrogen) atoms. The summed E-state index contributed by atoms with van der Waals surface area (Å²) in [6, 6.07) is -0.874. The maximum Gasteiger partial charge on any atom is 0.472 e. The zero-order valence-electron chi connectivity index (χ0n) is 61.8. The highest BCUT2D eigenvalue weighted by Gasteiger charge is 2.28. The van der Waals surface area contributed by atoms with Crippen molar-refractivity contribution in [1.82, 2.24) is 5.32 Å². The Morgan fingerprint density at radius 3 is 1.00 bits per heavy atom. The molecule has 3 unspecified atom stereocenters. The molecule has 0 aliphatic carbocycles. The average molecular weight is 1310 g/mol. The molecule has 0 radical (unpaired) electrons. The van der Waals surface area contributed by atoms with Gasteiger partial charge in [0.15, 0.2) is 0 Å². The SMILES string of the molecule is CC/C=C\C/C=C\C/C=C\C/C=C\CCCCCCCCCCCCCCCCCCCCCCCCCCCCC(=O)NC(COP(=O)(O)OCC[N+](C)(C)C)C(O)/C=C/CC/C=C/CC/C=C/CCCCCCCCCCCCCCCCCCCCCCC. The summed E-state index contributed by atoms with van der Waals surface area (Å²) in [6.45, 7) is 4.72. The summed E-state index contributed by atoms with van der Waals surface area (Å²) >= 11 is 0. The number of phosphoric acid groups is 1. The van der Waals surface area contributed by atoms with Crippen molar-refractivity contribution in [2.75, 3.05) is 40.9 Å². The van der Waals surface area contributed by atoms with Gasteiger partial charge in [-0.2, -0.15) is 0 Å². The Kier molecular flexibility index (Phi) is 71.1. The highest BCUT2D eigenvalue weighted by atomic mass is 31.2. The molecule has 538 valence electrons. The van der Waals surface area contributed by atoms with Crippen molar-refractivity contribution in [1.29, 1.82) is 0 Å². The topological polar surface area (TPSA) is 105 Å². The lowest BCUT2D eigenvalue weighted by molar-refractivity contribution is -0.870. The van der Waals surface area contributed by atoms with Crippen molar-refractivity contribution in [2.45, 2.75) is 398 Å². The quantitative estimate of drug-likeness (QED) is 0.0243. The average Bonchev–Trinajstić information content (AvgIpc) is 2.63. The molecule has 0 bridgehead atoms. The minimum absolute atomic E-state index is 0.0533. The van der Waals surface area contributed by atoms with Gasteiger partial charge in [0, 0.05) is 6.42 Å². The van der Waals surface area contributed by atoms with Crippen LogP contribution in [-0.2, 0) is 18.4 Å². The summed E-state index contributed by atoms with van der Waals surface area (Å²) in [6.07, 6.45) is 105. The number of quaternary nitrogens is 1. The largest absolute Gasteiger partial charge is 0.472 e. The van der Waals surface area contributed by atoms with Crippen LogP contribution < -0.4 is 5.32 Å². The second kappa shape index (κ2) is 72.9. The predicted molar refractivity (Wildman–Crippen MR) is 406 cm³/mol. The Morgan fingerprint density at radius 2 is 0.663 bits per heavy atom. The molecule has 0 heterocycles. The number of carbonyl (C=O) groups excluding carboxylic acids is 1. The molecule has 3 atom stereocenters. The number of hydrogen-bond acceptors (Lipinski definition) is 5. The number of aliphatic hydroxyl groups excluding tert-OH is 1. The highest BCUT2D eigenvalue weighted by molar-refractivity contribution is 7.47. The van der Waals surface area contributed by atoms with Gasteiger partial charge in [0.1, 0.15) is 13.2 Å². The summed E-state index contributed by atoms with van der Waals surface area (Å²) in [5, 5.41) is 14.0. The molecule has 9 heteroatoms. The van der Waals surface area contributed by atoms with E-state index in [9.17, 15) is 19.4 Å². The fourth-order valence-corrected chi connectivity index (χ4v) is 12.7. The van der Waals surface area contributed by atoms with Crippen LogP contribution in [0.15, 0.2) is 85.1 Å². The van der Waals surface area contributed by atoms with E-state index in [1.54, 1.807) is 6.08 Å². The van der Waals surface area contributed by atoms with Crippen LogP contribution in [-0.4, -0.2) is 73.4 Å². The van der Waals surface area contributed by atoms with E-state index < -0.39 is 20.0 Å². The summed E-state index contributed by atoms with van der Waals surface area (Å²) < 4.78 is 23.9. The third-order valence-corrected chi connectivity index (χ3v) is 19.1. The number of hydrogen-bond donors (Lipinski definition) is 3. The molecule has 8 nitrogen and oxygen atoms in total. The van der Waals surface area contributed by atoms with Crippen molar-refractivity contribution < 1.29 is 32.9 Å². The van der Waals surface area contributed by atoms with Crippen molar-refractivity contribution in [3.8, 4) is 0 Å². The number of likely N-dealkylation sites (N-methyl/N-ethyl adjacent to an activating group) is 1. The van der Waals surface area contributed by atoms with Gasteiger partial charge in [-0.05, 0) is 83.5 Å². The molecule has 0 rings (SSSR count). The zero-order valence-corrected chi connectivity index (χ0v) is 62.7. The van der Waals surface area contributed by atoms with Gasteiger partial charge in [0.25, 0.3) is 0 Å². The Balaban J connectivity index is 3.99. The Morgan fingerprint density at radius 1 is 0.380 bits per heavy atom. The maximum atomic E-state index is 13.1. The lowest BCUT2D eigenvalue weighted by Gasteiger charge is -2.25. The van der Waals surface area contributed by atoms with Gasteiger partial charge in [0.05, 0.1) is 39.9 Å². The van der Waals surface area contributed by atoms with Crippen molar-refractivity contribution >= 4 is 13.7 Å². The minimum atomic E-state index is -4.37. The molecule has 1 amide bonds. The number of nitrogens with zero attached hydrogens (tertiary/aromatic N) is 1. The van der Waals surface area contributed by atoms with Crippen LogP contribution in [0.3, 0.4) is 0 Å². The standard InChI is InChI=1S/C83H155N2O6P/c1-6-8-10-12-14-16-18-20-22-24-26-28-30-32-34-36-38-39-40-41-42-43-44-45-47-49-51-53-55-57-59-61-63-65-67-69-71-73-75-77-83(87)84-81(80-91-92(88,89)90-79-78-85(3,4)5)82(86)76-74-72-70-68-66-64-62-60-58-56-54-52-50-48-46-37-35-33-31-29-27-25-23-21-19-17-15-13-11-9-7-2/h8,10,14,16,20,22,26,28,58,60,66,68,74,76,81-82,86H,6-7,9,11-13,15,17-19,21,23-25,27,29-57,59,61-65,67,69-73,75,77-80H2,1-5H3,(H-,84,87,88,89)/p+1/b10-8-,16-14-,22-20-,28-26-,60-58+,68-66+,76-74+. The number of allylic oxidation sites excluding steroid dienone is 13. The Labute approximate surface area is 573 Å². The van der Waals surface area contributed by atoms with Crippen LogP contribution in [0.1, 0.15) is 386 Å². The first-order valence-electron chi connectivity index (χ1n) is 40.0. The van der Waals surface area contributed by atoms with E-state index in [1.807, 2.05) is 27.2 Å². The monoisotopic (exact) mass is 1310 g/mol. The first-order valence-corrected chi connectivity index (χ1v) is 41.5. The smallest absolute Gasteiger partial charge is 0.387 e. The van der Waals surface area contributed by atoms with Gasteiger partial charge in [-0.15, -0.1) is 0 Å². The van der Waals surface area contributed by atoms with Crippen LogP contribution >= 0.6 is 7.82 Å². The molecule has 0 aliphatic heterocycles. The molecular weight excluding hydrogens is 1150 g/mol. The molecule has 0 saturated heterocycles. The van der Waals surface area contributed by atoms with E-state index in [0.29, 0.717) is 17.4 Å². The van der Waals surface area contributed by atoms with E-state index in [4.69, 9.17) is 9.05 Å². The number of unbranched alkanes of at least 4 members (excludes halogenated alkanes) is 49. The molecule has 0 aromatic rings. The molecule has 0 fully saturated rings. The first kappa shape index (κ1) is 89.7. The molecule has 0 aromatic carbocycles. The third kappa shape index (κ3) is 75.1. The van der Waals surface area contributed by atoms with Gasteiger partial charge >= 0.3 is 7.82 Å². The van der Waals surface area contributed by atoms with Crippen LogP contribution in [0.2, 0.25) is 0 Å². The van der Waals surface area contributed by atoms with E-state index >= 15 is 0 Å². The van der Waals surface area contributed by atoms with Gasteiger partial charge in [0.2, 0.25) is 5.91 Å². The minimum Gasteiger partial charge on any atom is -0.387 e. The number of aliphatic hydroxyl groups is 1. The summed E-state index contributed by atoms with van der Waals surface area (Å²) in [5.74, 6) is -0.185. The van der Waals surface area contributed by atoms with E-state index in [1.165, 1.54) is 295 Å². The Hall–Kier alpha value is -2.32. The third-order valence-electron chi connectivity index (χ3n) is 18.1. The van der Waals surface area contributed by atoms with Crippen molar-refractivity contribution in [2.24, 2.45) is 0 Å². The van der Waals surface area contributed by atoms with Gasteiger partial charge < -0.3 is 19.8 Å². The normalized spacial score (nSPS) is 13.9. The van der Waals surface area contributed by atoms with Crippen LogP contribution in [0.5, 0.6) is 0 Å². The number of phosphoric ester groups is 1. The molecule has 3 N–H and O–H groups in total. The number of amides is 1. The van der Waals surface area contributed by atoms with Crippen molar-refractivity contribution in [3.05, 3.63) is 85.1 Å². The van der Waals surface area contributed by atoms with Crippen LogP contribution in [0, 0.1) is 0 Å². The molecule has 0 spiro atoms. The predicted octanol–water partition coefficient (Wildman–Crippen LogP) is 26.2. The van der Waals surface area contributed by atoms with Crippen LogP contribution in [0.4, 0.5) is 0 Å². The lowest BCUT2D eigenvalue weighted by Crippen LogP contribution is -2.45. The number of rotatable bonds is 74. The fourth-order valence-electron chi connectivity index (χ4n) is 12.0. The fraction of sp³-hybridized carbons (Fsp3) is 0.819. The Bertz CT molecular complexity index is 1780. The lowest BCUT2D eigenvalue weighted by atomic mass is 10.0. The van der Waals surface area contributed by atoms with Gasteiger partial charge in [-0.1, -0.05) is 381 Å². The first-order chi connectivity index (χ1) is 45.0. The zero-order chi connectivity index (χ0) is 66.9. The van der Waals surface area contributed by atoms with E-state index in [2.05, 4.69) is 92.1 Å². The molecule has 0 aliphatic rings. The highest BCUT2D eigenvalue weighted by Crippen LogP contribution is 2.43. The van der Waals surface area contributed by atoms with Crippen molar-refractivity contribution in [3.63, 3.8) is 0 Å². The summed E-state index contributed by atoms with van der Waals surface area (Å²) in [5.41, 5.74) is 0. The number of carbonyl (C=O) groups is 1. The molecule has 0 aromatic heterocycles. The molecular formula is C83H156N2O6P+. The second-order valence-electron chi connectivity index (χ2n) is 28.4. The summed E-state index contributed by atoms with van der Waals surface area (Å²) in [4.78, 5) is 23.5. The van der Waals surface area contributed by atoms with Crippen LogP contribution in [0.25, 0.3) is 0 Å². The van der Waals surface area contributed by atoms with Gasteiger partial charge in [-0.3, -0.25) is 13.8 Å².